The molecule has 1 aromatic carbocycles. The van der Waals surface area contributed by atoms with Gasteiger partial charge in [0.1, 0.15) is 0 Å². The molecular weight excluding hydrogens is 258 g/mol. The van der Waals surface area contributed by atoms with Crippen LogP contribution in [0, 0.1) is 12.8 Å². The Kier molecular flexibility index (Phi) is 4.28. The van der Waals surface area contributed by atoms with E-state index in [0.717, 1.165) is 17.3 Å². The molecule has 1 N–H and O–H groups in total. The van der Waals surface area contributed by atoms with Crippen LogP contribution in [0.15, 0.2) is 36.5 Å². The molecule has 0 saturated heterocycles. The molecule has 3 rings (SSSR count). The van der Waals surface area contributed by atoms with Gasteiger partial charge in [-0.3, -0.25) is 4.68 Å². The van der Waals surface area contributed by atoms with Gasteiger partial charge in [-0.2, -0.15) is 5.10 Å². The van der Waals surface area contributed by atoms with Crippen LogP contribution in [0.5, 0.6) is 0 Å². The number of benzene rings is 1. The van der Waals surface area contributed by atoms with Crippen LogP contribution in [0.25, 0.3) is 0 Å². The van der Waals surface area contributed by atoms with Crippen molar-refractivity contribution in [2.45, 2.75) is 45.1 Å². The van der Waals surface area contributed by atoms with E-state index in [2.05, 4.69) is 53.9 Å². The third-order valence-corrected chi connectivity index (χ3v) is 4.60. The topological polar surface area (TPSA) is 29.9 Å². The van der Waals surface area contributed by atoms with Crippen LogP contribution in [-0.4, -0.2) is 9.78 Å². The van der Waals surface area contributed by atoms with E-state index >= 15 is 0 Å². The molecule has 112 valence electrons. The lowest BCUT2D eigenvalue weighted by atomic mass is 9.81. The first-order valence-electron chi connectivity index (χ1n) is 8.06. The van der Waals surface area contributed by atoms with E-state index in [0.29, 0.717) is 6.04 Å². The first kappa shape index (κ1) is 14.2. The predicted octanol–water partition coefficient (Wildman–Crippen LogP) is 4.46. The highest BCUT2D eigenvalue weighted by atomic mass is 15.3. The number of nitrogens with zero attached hydrogens (tertiary/aromatic N) is 2. The second kappa shape index (κ2) is 6.33. The van der Waals surface area contributed by atoms with Crippen LogP contribution in [-0.2, 0) is 7.05 Å². The maximum absolute atomic E-state index is 4.46. The summed E-state index contributed by atoms with van der Waals surface area (Å²) < 4.78 is 1.89. The highest BCUT2D eigenvalue weighted by molar-refractivity contribution is 5.48. The van der Waals surface area contributed by atoms with Crippen molar-refractivity contribution in [3.8, 4) is 0 Å². The maximum Gasteiger partial charge on any atom is 0.0825 e. The van der Waals surface area contributed by atoms with Gasteiger partial charge in [0.05, 0.1) is 17.4 Å². The van der Waals surface area contributed by atoms with E-state index in [-0.39, 0.29) is 0 Å². The molecule has 0 radical (unpaired) electrons. The van der Waals surface area contributed by atoms with Crippen LogP contribution < -0.4 is 5.32 Å². The van der Waals surface area contributed by atoms with Gasteiger partial charge in [-0.1, -0.05) is 49.6 Å². The Morgan fingerprint density at radius 2 is 1.86 bits per heavy atom. The molecule has 2 aromatic rings. The number of rotatable bonds is 4. The van der Waals surface area contributed by atoms with Gasteiger partial charge < -0.3 is 5.32 Å². The van der Waals surface area contributed by atoms with E-state index < -0.39 is 0 Å². The minimum absolute atomic E-state index is 0.398. The Morgan fingerprint density at radius 1 is 1.14 bits per heavy atom. The van der Waals surface area contributed by atoms with Gasteiger partial charge in [-0.15, -0.1) is 0 Å². The molecule has 0 bridgehead atoms. The average molecular weight is 283 g/mol. The zero-order valence-electron chi connectivity index (χ0n) is 13.0. The van der Waals surface area contributed by atoms with Crippen molar-refractivity contribution in [2.75, 3.05) is 5.32 Å². The van der Waals surface area contributed by atoms with Crippen molar-refractivity contribution in [2.24, 2.45) is 13.0 Å². The molecule has 21 heavy (non-hydrogen) atoms. The lowest BCUT2D eigenvalue weighted by Gasteiger charge is -2.32. The summed E-state index contributed by atoms with van der Waals surface area (Å²) >= 11 is 0. The van der Waals surface area contributed by atoms with Crippen LogP contribution in [0.2, 0.25) is 0 Å². The summed E-state index contributed by atoms with van der Waals surface area (Å²) in [6.45, 7) is 2.07. The Hall–Kier alpha value is -1.77. The quantitative estimate of drug-likeness (QED) is 0.897. The first-order chi connectivity index (χ1) is 10.2. The molecule has 1 aliphatic carbocycles. The Morgan fingerprint density at radius 3 is 2.48 bits per heavy atom. The fourth-order valence-corrected chi connectivity index (χ4v) is 3.51. The van der Waals surface area contributed by atoms with Gasteiger partial charge in [0.2, 0.25) is 0 Å². The molecular formula is C18H25N3. The van der Waals surface area contributed by atoms with Gasteiger partial charge in [0.15, 0.2) is 0 Å². The number of aromatic nitrogens is 2. The summed E-state index contributed by atoms with van der Waals surface area (Å²) in [5, 5.41) is 8.23. The van der Waals surface area contributed by atoms with Crippen molar-refractivity contribution >= 4 is 5.69 Å². The van der Waals surface area contributed by atoms with Crippen LogP contribution >= 0.6 is 0 Å². The Balaban J connectivity index is 1.86. The lowest BCUT2D eigenvalue weighted by molar-refractivity contribution is 0.321. The predicted molar refractivity (Wildman–Crippen MR) is 87.3 cm³/mol. The standard InChI is InChI=1S/C18H25N3/c1-14-17(13-21(2)20-14)19-18(15-9-5-3-6-10-15)16-11-7-4-8-12-16/h3,5-6,9-10,13,16,18-19H,4,7-8,11-12H2,1-2H3. The van der Waals surface area contributed by atoms with Gasteiger partial charge in [0, 0.05) is 13.2 Å². The third-order valence-electron chi connectivity index (χ3n) is 4.60. The molecule has 3 heteroatoms. The summed E-state index contributed by atoms with van der Waals surface area (Å²) in [5.74, 6) is 0.723. The number of aryl methyl sites for hydroxylation is 2. The van der Waals surface area contributed by atoms with Crippen LogP contribution in [0.4, 0.5) is 5.69 Å². The first-order valence-corrected chi connectivity index (χ1v) is 8.06. The zero-order chi connectivity index (χ0) is 14.7. The number of hydrogen-bond donors (Lipinski definition) is 1. The molecule has 1 unspecified atom stereocenters. The van der Waals surface area contributed by atoms with Gasteiger partial charge >= 0.3 is 0 Å². The minimum Gasteiger partial charge on any atom is -0.375 e. The molecule has 3 nitrogen and oxygen atoms in total. The maximum atomic E-state index is 4.46. The smallest absolute Gasteiger partial charge is 0.0825 e. The second-order valence-electron chi connectivity index (χ2n) is 6.23. The van der Waals surface area contributed by atoms with Gasteiger partial charge in [0.25, 0.3) is 0 Å². The Labute approximate surface area is 127 Å². The van der Waals surface area contributed by atoms with Crippen molar-refractivity contribution < 1.29 is 0 Å². The zero-order valence-corrected chi connectivity index (χ0v) is 13.0. The highest BCUT2D eigenvalue weighted by Crippen LogP contribution is 2.37. The number of hydrogen-bond acceptors (Lipinski definition) is 2. The second-order valence-corrected chi connectivity index (χ2v) is 6.23. The summed E-state index contributed by atoms with van der Waals surface area (Å²) in [4.78, 5) is 0. The molecule has 1 heterocycles. The Bertz CT molecular complexity index is 567. The summed E-state index contributed by atoms with van der Waals surface area (Å²) in [5.41, 5.74) is 3.64. The van der Waals surface area contributed by atoms with Crippen LogP contribution in [0.3, 0.4) is 0 Å². The third kappa shape index (κ3) is 3.29. The molecule has 1 fully saturated rings. The van der Waals surface area contributed by atoms with Crippen molar-refractivity contribution in [1.82, 2.24) is 9.78 Å². The van der Waals surface area contributed by atoms with E-state index in [9.17, 15) is 0 Å². The molecule has 1 aliphatic rings. The largest absolute Gasteiger partial charge is 0.375 e. The SMILES string of the molecule is Cc1nn(C)cc1NC(c1ccccc1)C1CCCCC1. The van der Waals surface area contributed by atoms with E-state index in [1.54, 1.807) is 0 Å². The summed E-state index contributed by atoms with van der Waals surface area (Å²) in [7, 11) is 1.98. The lowest BCUT2D eigenvalue weighted by Crippen LogP contribution is -2.23. The summed E-state index contributed by atoms with van der Waals surface area (Å²) in [6, 6.07) is 11.3. The van der Waals surface area contributed by atoms with Gasteiger partial charge in [-0.25, -0.2) is 0 Å². The monoisotopic (exact) mass is 283 g/mol. The highest BCUT2D eigenvalue weighted by Gasteiger charge is 2.25. The molecule has 1 saturated carbocycles. The normalized spacial score (nSPS) is 17.6. The molecule has 1 aromatic heterocycles. The van der Waals surface area contributed by atoms with E-state index in [4.69, 9.17) is 0 Å². The minimum atomic E-state index is 0.398. The fraction of sp³-hybridized carbons (Fsp3) is 0.500. The van der Waals surface area contributed by atoms with Crippen molar-refractivity contribution in [3.63, 3.8) is 0 Å². The van der Waals surface area contributed by atoms with Gasteiger partial charge in [-0.05, 0) is 31.2 Å². The number of anilines is 1. The van der Waals surface area contributed by atoms with E-state index in [1.165, 1.54) is 37.7 Å². The summed E-state index contributed by atoms with van der Waals surface area (Å²) in [6.07, 6.45) is 8.86. The molecule has 0 spiro atoms. The van der Waals surface area contributed by atoms with Crippen LogP contribution in [0.1, 0.15) is 49.4 Å². The molecule has 0 amide bonds. The molecule has 1 atom stereocenters. The van der Waals surface area contributed by atoms with Crippen molar-refractivity contribution in [3.05, 3.63) is 47.8 Å². The van der Waals surface area contributed by atoms with Crippen molar-refractivity contribution in [1.29, 1.82) is 0 Å². The number of nitrogens with one attached hydrogen (secondary N) is 1. The fourth-order valence-electron chi connectivity index (χ4n) is 3.51. The molecule has 0 aliphatic heterocycles. The average Bonchev–Trinajstić information content (AvgIpc) is 2.84. The van der Waals surface area contributed by atoms with E-state index in [1.807, 2.05) is 11.7 Å².